The highest BCUT2D eigenvalue weighted by atomic mass is 16.5. The Morgan fingerprint density at radius 3 is 2.73 bits per heavy atom. The van der Waals surface area contributed by atoms with Crippen molar-refractivity contribution < 1.29 is 19.1 Å². The summed E-state index contributed by atoms with van der Waals surface area (Å²) in [5.74, 6) is 0.862. The van der Waals surface area contributed by atoms with E-state index in [1.807, 2.05) is 18.2 Å². The number of benzene rings is 1. The lowest BCUT2D eigenvalue weighted by Gasteiger charge is -2.25. The van der Waals surface area contributed by atoms with Gasteiger partial charge in [0.25, 0.3) is 5.91 Å². The Bertz CT molecular complexity index is 818. The van der Waals surface area contributed by atoms with Gasteiger partial charge in [-0.05, 0) is 30.2 Å². The third-order valence-corrected chi connectivity index (χ3v) is 4.21. The van der Waals surface area contributed by atoms with Crippen LogP contribution in [0.5, 0.6) is 11.5 Å². The number of amides is 2. The van der Waals surface area contributed by atoms with Gasteiger partial charge in [0.1, 0.15) is 23.8 Å². The van der Waals surface area contributed by atoms with Crippen LogP contribution in [0.4, 0.5) is 5.69 Å². The fourth-order valence-corrected chi connectivity index (χ4v) is 2.72. The summed E-state index contributed by atoms with van der Waals surface area (Å²) >= 11 is 0. The molecule has 0 spiro atoms. The average molecular weight is 355 g/mol. The van der Waals surface area contributed by atoms with Crippen LogP contribution in [0.1, 0.15) is 16.1 Å². The normalized spacial score (nSPS) is 15.4. The number of nitrogens with zero attached hydrogens (tertiary/aromatic N) is 2. The fourth-order valence-electron chi connectivity index (χ4n) is 2.72. The molecule has 0 saturated carbocycles. The van der Waals surface area contributed by atoms with E-state index in [1.165, 1.54) is 11.1 Å². The molecule has 26 heavy (non-hydrogen) atoms. The van der Waals surface area contributed by atoms with E-state index in [1.54, 1.807) is 33.3 Å². The summed E-state index contributed by atoms with van der Waals surface area (Å²) in [7, 11) is 4.93. The van der Waals surface area contributed by atoms with Gasteiger partial charge in [-0.3, -0.25) is 9.59 Å². The molecule has 2 heterocycles. The van der Waals surface area contributed by atoms with Gasteiger partial charge in [-0.25, -0.2) is 4.98 Å². The molecular weight excluding hydrogens is 334 g/mol. The summed E-state index contributed by atoms with van der Waals surface area (Å²) in [6.45, 7) is 0.302. The monoisotopic (exact) mass is 355 g/mol. The van der Waals surface area contributed by atoms with Crippen molar-refractivity contribution in [3.05, 3.63) is 47.8 Å². The number of nitrogens with one attached hydrogen (secondary N) is 1. The van der Waals surface area contributed by atoms with Crippen molar-refractivity contribution in [2.24, 2.45) is 5.92 Å². The highest BCUT2D eigenvalue weighted by Crippen LogP contribution is 2.31. The summed E-state index contributed by atoms with van der Waals surface area (Å²) in [5.41, 5.74) is 1.85. The number of fused-ring (bicyclic) bond motifs is 1. The summed E-state index contributed by atoms with van der Waals surface area (Å²) in [5, 5.41) is 2.83. The van der Waals surface area contributed by atoms with Crippen LogP contribution in [-0.4, -0.2) is 49.5 Å². The van der Waals surface area contributed by atoms with Gasteiger partial charge in [0.15, 0.2) is 0 Å². The number of carbonyl (C=O) groups excluding carboxylic acids is 2. The van der Waals surface area contributed by atoms with Crippen LogP contribution in [0.3, 0.4) is 0 Å². The molecule has 1 aliphatic rings. The van der Waals surface area contributed by atoms with E-state index in [2.05, 4.69) is 10.3 Å². The highest BCUT2D eigenvalue weighted by molar-refractivity contribution is 5.94. The number of ether oxygens (including phenoxy) is 2. The third kappa shape index (κ3) is 3.77. The first kappa shape index (κ1) is 17.7. The molecule has 2 amide bonds. The van der Waals surface area contributed by atoms with Gasteiger partial charge in [0.2, 0.25) is 5.91 Å². The van der Waals surface area contributed by atoms with Crippen LogP contribution in [-0.2, 0) is 11.2 Å². The van der Waals surface area contributed by atoms with Crippen LogP contribution < -0.4 is 14.8 Å². The lowest BCUT2D eigenvalue weighted by molar-refractivity contribution is -0.121. The first-order valence-corrected chi connectivity index (χ1v) is 8.26. The van der Waals surface area contributed by atoms with E-state index in [9.17, 15) is 9.59 Å². The van der Waals surface area contributed by atoms with Crippen molar-refractivity contribution in [1.29, 1.82) is 0 Å². The second-order valence-electron chi connectivity index (χ2n) is 6.31. The number of aromatic nitrogens is 1. The Kier molecular flexibility index (Phi) is 5.06. The molecule has 3 rings (SSSR count). The molecule has 1 atom stereocenters. The van der Waals surface area contributed by atoms with E-state index in [-0.39, 0.29) is 17.7 Å². The van der Waals surface area contributed by atoms with E-state index in [4.69, 9.17) is 9.47 Å². The van der Waals surface area contributed by atoms with Crippen LogP contribution in [0, 0.1) is 5.92 Å². The minimum Gasteiger partial charge on any atom is -0.497 e. The molecule has 1 aromatic carbocycles. The Balaban J connectivity index is 1.64. The molecule has 0 fully saturated rings. The zero-order chi connectivity index (χ0) is 18.7. The van der Waals surface area contributed by atoms with Crippen molar-refractivity contribution in [1.82, 2.24) is 9.88 Å². The van der Waals surface area contributed by atoms with Crippen LogP contribution in [0.2, 0.25) is 0 Å². The molecule has 0 saturated heterocycles. The van der Waals surface area contributed by atoms with Gasteiger partial charge >= 0.3 is 0 Å². The number of methoxy groups -OCH3 is 1. The molecule has 2 aromatic rings. The number of carbonyl (C=O) groups is 2. The van der Waals surface area contributed by atoms with Crippen molar-refractivity contribution in [2.45, 2.75) is 6.42 Å². The first-order valence-electron chi connectivity index (χ1n) is 8.26. The second kappa shape index (κ2) is 7.43. The van der Waals surface area contributed by atoms with E-state index in [0.717, 1.165) is 17.1 Å². The fraction of sp³-hybridized carbons (Fsp3) is 0.316. The zero-order valence-corrected chi connectivity index (χ0v) is 15.0. The quantitative estimate of drug-likeness (QED) is 0.907. The molecule has 7 nitrogen and oxygen atoms in total. The van der Waals surface area contributed by atoms with Crippen LogP contribution in [0.15, 0.2) is 36.5 Å². The van der Waals surface area contributed by atoms with Crippen molar-refractivity contribution in [3.63, 3.8) is 0 Å². The summed E-state index contributed by atoms with van der Waals surface area (Å²) < 4.78 is 10.9. The topological polar surface area (TPSA) is 80.8 Å². The summed E-state index contributed by atoms with van der Waals surface area (Å²) in [6.07, 6.45) is 2.08. The van der Waals surface area contributed by atoms with Gasteiger partial charge in [-0.15, -0.1) is 0 Å². The average Bonchev–Trinajstić information content (AvgIpc) is 2.67. The number of rotatable bonds is 4. The van der Waals surface area contributed by atoms with Crippen molar-refractivity contribution in [2.75, 3.05) is 33.1 Å². The maximum absolute atomic E-state index is 12.5. The number of hydrogen-bond acceptors (Lipinski definition) is 5. The van der Waals surface area contributed by atoms with E-state index in [0.29, 0.717) is 24.4 Å². The van der Waals surface area contributed by atoms with Crippen LogP contribution in [0.25, 0.3) is 0 Å². The molecule has 1 N–H and O–H groups in total. The standard InChI is InChI=1S/C19H21N3O4/c1-22(2)19(24)16-7-5-14(10-20-16)21-18(23)13-8-12-4-6-15(25-3)9-17(12)26-11-13/h4-7,9-10,13H,8,11H2,1-3H3,(H,21,23). The highest BCUT2D eigenvalue weighted by Gasteiger charge is 2.26. The predicted octanol–water partition coefficient (Wildman–Crippen LogP) is 1.98. The number of hydrogen-bond donors (Lipinski definition) is 1. The molecule has 7 heteroatoms. The summed E-state index contributed by atoms with van der Waals surface area (Å²) in [6, 6.07) is 8.86. The lowest BCUT2D eigenvalue weighted by atomic mass is 9.96. The molecule has 1 aliphatic heterocycles. The van der Waals surface area contributed by atoms with Crippen molar-refractivity contribution in [3.8, 4) is 11.5 Å². The van der Waals surface area contributed by atoms with E-state index < -0.39 is 0 Å². The predicted molar refractivity (Wildman–Crippen MR) is 96.6 cm³/mol. The maximum Gasteiger partial charge on any atom is 0.271 e. The van der Waals surface area contributed by atoms with Crippen LogP contribution >= 0.6 is 0 Å². The Hall–Kier alpha value is -3.09. The van der Waals surface area contributed by atoms with E-state index >= 15 is 0 Å². The Labute approximate surface area is 151 Å². The zero-order valence-electron chi connectivity index (χ0n) is 15.0. The molecule has 0 aliphatic carbocycles. The van der Waals surface area contributed by atoms with Crippen molar-refractivity contribution >= 4 is 17.5 Å². The molecule has 1 unspecified atom stereocenters. The number of pyridine rings is 1. The SMILES string of the molecule is COc1ccc2c(c1)OCC(C(=O)Nc1ccc(C(=O)N(C)C)nc1)C2. The maximum atomic E-state index is 12.5. The molecule has 1 aromatic heterocycles. The second-order valence-corrected chi connectivity index (χ2v) is 6.31. The van der Waals surface area contributed by atoms with Gasteiger partial charge in [0, 0.05) is 20.2 Å². The smallest absolute Gasteiger partial charge is 0.271 e. The van der Waals surface area contributed by atoms with Gasteiger partial charge in [0.05, 0.1) is 24.9 Å². The minimum absolute atomic E-state index is 0.139. The summed E-state index contributed by atoms with van der Waals surface area (Å²) in [4.78, 5) is 29.9. The molecular formula is C19H21N3O4. The Morgan fingerprint density at radius 1 is 1.27 bits per heavy atom. The minimum atomic E-state index is -0.293. The largest absolute Gasteiger partial charge is 0.497 e. The van der Waals surface area contributed by atoms with Gasteiger partial charge in [-0.2, -0.15) is 0 Å². The molecule has 0 radical (unpaired) electrons. The Morgan fingerprint density at radius 2 is 2.08 bits per heavy atom. The molecule has 0 bridgehead atoms. The third-order valence-electron chi connectivity index (χ3n) is 4.21. The number of anilines is 1. The molecule has 136 valence electrons. The lowest BCUT2D eigenvalue weighted by Crippen LogP contribution is -2.32. The van der Waals surface area contributed by atoms with Gasteiger partial charge < -0.3 is 19.7 Å². The van der Waals surface area contributed by atoms with Gasteiger partial charge in [-0.1, -0.05) is 6.07 Å². The first-order chi connectivity index (χ1) is 12.5.